The van der Waals surface area contributed by atoms with E-state index in [1.807, 2.05) is 6.92 Å². The van der Waals surface area contributed by atoms with Gasteiger partial charge in [0.1, 0.15) is 0 Å². The third kappa shape index (κ3) is 9.83. The fraction of sp³-hybridized carbons (Fsp3) is 1.00. The Bertz CT molecular complexity index is 201. The van der Waals surface area contributed by atoms with Crippen molar-refractivity contribution in [3.63, 3.8) is 0 Å². The summed E-state index contributed by atoms with van der Waals surface area (Å²) < 4.78 is 28.8. The average molecular weight is 196 g/mol. The number of nitrogens with one attached hydrogen (secondary N) is 1. The standard InChI is InChI=1S/C6H16N2O3S/c1-6(7)5-8-3-2-4-12(9,10)11/h6,8H,2-5,7H2,1H3,(H,9,10,11). The van der Waals surface area contributed by atoms with Crippen LogP contribution < -0.4 is 11.1 Å². The summed E-state index contributed by atoms with van der Waals surface area (Å²) in [5.74, 6) is -0.195. The summed E-state index contributed by atoms with van der Waals surface area (Å²) in [7, 11) is -3.80. The second-order valence-electron chi connectivity index (χ2n) is 2.82. The van der Waals surface area contributed by atoms with E-state index in [2.05, 4.69) is 5.32 Å². The molecule has 74 valence electrons. The van der Waals surface area contributed by atoms with Gasteiger partial charge >= 0.3 is 0 Å². The predicted octanol–water partition coefficient (Wildman–Crippen LogP) is -0.799. The predicted molar refractivity (Wildman–Crippen MR) is 47.6 cm³/mol. The molecular formula is C6H16N2O3S. The summed E-state index contributed by atoms with van der Waals surface area (Å²) in [5, 5.41) is 2.96. The van der Waals surface area contributed by atoms with Gasteiger partial charge in [-0.1, -0.05) is 0 Å². The molecule has 6 heteroatoms. The number of hydrogen-bond acceptors (Lipinski definition) is 4. The van der Waals surface area contributed by atoms with Gasteiger partial charge in [0.15, 0.2) is 0 Å². The van der Waals surface area contributed by atoms with Crippen LogP contribution in [0.5, 0.6) is 0 Å². The van der Waals surface area contributed by atoms with Crippen molar-refractivity contribution in [3.8, 4) is 0 Å². The fourth-order valence-electron chi connectivity index (χ4n) is 0.709. The molecule has 0 aromatic heterocycles. The lowest BCUT2D eigenvalue weighted by Gasteiger charge is -2.05. The third-order valence-corrected chi connectivity index (χ3v) is 2.03. The highest BCUT2D eigenvalue weighted by Gasteiger charge is 2.02. The summed E-state index contributed by atoms with van der Waals surface area (Å²) in [5.41, 5.74) is 5.43. The van der Waals surface area contributed by atoms with Crippen LogP contribution in [-0.2, 0) is 10.1 Å². The summed E-state index contributed by atoms with van der Waals surface area (Å²) in [6, 6.07) is 0.0655. The highest BCUT2D eigenvalue weighted by atomic mass is 32.2. The summed E-state index contributed by atoms with van der Waals surface area (Å²) >= 11 is 0. The van der Waals surface area contributed by atoms with Gasteiger partial charge in [0, 0.05) is 12.6 Å². The van der Waals surface area contributed by atoms with Crippen LogP contribution in [0.3, 0.4) is 0 Å². The number of rotatable bonds is 6. The molecule has 5 nitrogen and oxygen atoms in total. The summed E-state index contributed by atoms with van der Waals surface area (Å²) in [6.45, 7) is 3.07. The molecule has 1 unspecified atom stereocenters. The monoisotopic (exact) mass is 196 g/mol. The Kier molecular flexibility index (Phi) is 5.39. The molecule has 4 N–H and O–H groups in total. The zero-order valence-corrected chi connectivity index (χ0v) is 7.97. The molecule has 0 aliphatic rings. The lowest BCUT2D eigenvalue weighted by Crippen LogP contribution is -2.32. The quantitative estimate of drug-likeness (QED) is 0.382. The molecule has 0 saturated carbocycles. The Balaban J connectivity index is 3.23. The van der Waals surface area contributed by atoms with Gasteiger partial charge in [-0.3, -0.25) is 4.55 Å². The van der Waals surface area contributed by atoms with Crippen LogP contribution in [-0.4, -0.2) is 37.9 Å². The maximum atomic E-state index is 10.2. The zero-order chi connectivity index (χ0) is 9.61. The van der Waals surface area contributed by atoms with Crippen molar-refractivity contribution in [2.45, 2.75) is 19.4 Å². The minimum atomic E-state index is -3.80. The molecule has 0 bridgehead atoms. The van der Waals surface area contributed by atoms with Gasteiger partial charge in [0.25, 0.3) is 10.1 Å². The van der Waals surface area contributed by atoms with Crippen LogP contribution in [0.2, 0.25) is 0 Å². The molecule has 12 heavy (non-hydrogen) atoms. The molecule has 0 heterocycles. The molecule has 0 rings (SSSR count). The molecule has 0 fully saturated rings. The first-order valence-electron chi connectivity index (χ1n) is 3.83. The molecule has 0 aromatic carbocycles. The van der Waals surface area contributed by atoms with Crippen LogP contribution in [0.25, 0.3) is 0 Å². The molecule has 0 saturated heterocycles. The van der Waals surface area contributed by atoms with Crippen molar-refractivity contribution in [1.82, 2.24) is 5.32 Å². The first kappa shape index (κ1) is 11.8. The Hall–Kier alpha value is -0.170. The van der Waals surface area contributed by atoms with E-state index in [4.69, 9.17) is 10.3 Å². The minimum Gasteiger partial charge on any atom is -0.327 e. The van der Waals surface area contributed by atoms with Crippen LogP contribution in [0.4, 0.5) is 0 Å². The molecule has 0 aromatic rings. The first-order chi connectivity index (χ1) is 5.42. The smallest absolute Gasteiger partial charge is 0.264 e. The molecule has 0 amide bonds. The Morgan fingerprint density at radius 3 is 2.58 bits per heavy atom. The van der Waals surface area contributed by atoms with E-state index in [1.165, 1.54) is 0 Å². The van der Waals surface area contributed by atoms with Crippen molar-refractivity contribution in [2.24, 2.45) is 5.73 Å². The second kappa shape index (κ2) is 5.47. The van der Waals surface area contributed by atoms with E-state index in [1.54, 1.807) is 0 Å². The van der Waals surface area contributed by atoms with Crippen LogP contribution in [0, 0.1) is 0 Å². The lowest BCUT2D eigenvalue weighted by molar-refractivity contribution is 0.479. The van der Waals surface area contributed by atoms with Gasteiger partial charge in [-0.15, -0.1) is 0 Å². The lowest BCUT2D eigenvalue weighted by atomic mass is 10.3. The Morgan fingerprint density at radius 1 is 1.58 bits per heavy atom. The van der Waals surface area contributed by atoms with Gasteiger partial charge in [0.2, 0.25) is 0 Å². The number of nitrogens with two attached hydrogens (primary N) is 1. The van der Waals surface area contributed by atoms with Crippen molar-refractivity contribution >= 4 is 10.1 Å². The molecular weight excluding hydrogens is 180 g/mol. The summed E-state index contributed by atoms with van der Waals surface area (Å²) in [4.78, 5) is 0. The highest BCUT2D eigenvalue weighted by molar-refractivity contribution is 7.85. The molecule has 0 radical (unpaired) electrons. The molecule has 1 atom stereocenters. The number of hydrogen-bond donors (Lipinski definition) is 3. The largest absolute Gasteiger partial charge is 0.327 e. The maximum absolute atomic E-state index is 10.2. The van der Waals surface area contributed by atoms with Crippen molar-refractivity contribution in [3.05, 3.63) is 0 Å². The van der Waals surface area contributed by atoms with E-state index in [9.17, 15) is 8.42 Å². The van der Waals surface area contributed by atoms with Gasteiger partial charge in [0.05, 0.1) is 5.75 Å². The van der Waals surface area contributed by atoms with Gasteiger partial charge < -0.3 is 11.1 Å². The van der Waals surface area contributed by atoms with E-state index < -0.39 is 10.1 Å². The van der Waals surface area contributed by atoms with E-state index in [0.717, 1.165) is 0 Å². The Labute approximate surface area is 73.1 Å². The van der Waals surface area contributed by atoms with Crippen LogP contribution in [0.15, 0.2) is 0 Å². The fourth-order valence-corrected chi connectivity index (χ4v) is 1.22. The highest BCUT2D eigenvalue weighted by Crippen LogP contribution is 1.86. The molecule has 0 aliphatic carbocycles. The minimum absolute atomic E-state index is 0.0655. The van der Waals surface area contributed by atoms with Crippen molar-refractivity contribution in [2.75, 3.05) is 18.8 Å². The second-order valence-corrected chi connectivity index (χ2v) is 4.39. The summed E-state index contributed by atoms with van der Waals surface area (Å²) in [6.07, 6.45) is 0.408. The normalized spacial score (nSPS) is 14.6. The molecule has 0 spiro atoms. The van der Waals surface area contributed by atoms with Crippen molar-refractivity contribution in [1.29, 1.82) is 0 Å². The average Bonchev–Trinajstić information content (AvgIpc) is 1.83. The Morgan fingerprint density at radius 2 is 2.17 bits per heavy atom. The topological polar surface area (TPSA) is 92.4 Å². The van der Waals surface area contributed by atoms with Crippen molar-refractivity contribution < 1.29 is 13.0 Å². The van der Waals surface area contributed by atoms with Gasteiger partial charge in [-0.05, 0) is 19.9 Å². The third-order valence-electron chi connectivity index (χ3n) is 1.22. The zero-order valence-electron chi connectivity index (χ0n) is 7.16. The van der Waals surface area contributed by atoms with Crippen LogP contribution in [0.1, 0.15) is 13.3 Å². The maximum Gasteiger partial charge on any atom is 0.264 e. The SMILES string of the molecule is CC(N)CNCCCS(=O)(=O)O. The van der Waals surface area contributed by atoms with E-state index >= 15 is 0 Å². The first-order valence-corrected chi connectivity index (χ1v) is 5.44. The van der Waals surface area contributed by atoms with Gasteiger partial charge in [-0.2, -0.15) is 8.42 Å². The van der Waals surface area contributed by atoms with Crippen LogP contribution >= 0.6 is 0 Å². The van der Waals surface area contributed by atoms with E-state index in [0.29, 0.717) is 19.5 Å². The molecule has 0 aliphatic heterocycles. The van der Waals surface area contributed by atoms with E-state index in [-0.39, 0.29) is 11.8 Å². The van der Waals surface area contributed by atoms with Gasteiger partial charge in [-0.25, -0.2) is 0 Å².